The van der Waals surface area contributed by atoms with Gasteiger partial charge in [-0.3, -0.25) is 9.69 Å². The Labute approximate surface area is 148 Å². The molecule has 1 fully saturated rings. The van der Waals surface area contributed by atoms with Gasteiger partial charge in [-0.25, -0.2) is 4.98 Å². The predicted octanol–water partition coefficient (Wildman–Crippen LogP) is 2.18. The first kappa shape index (κ1) is 17.2. The lowest BCUT2D eigenvalue weighted by molar-refractivity contribution is 0.0576. The van der Waals surface area contributed by atoms with Crippen molar-refractivity contribution in [2.75, 3.05) is 26.2 Å². The van der Waals surface area contributed by atoms with E-state index in [1.807, 2.05) is 39.9 Å². The predicted molar refractivity (Wildman–Crippen MR) is 95.3 cm³/mol. The molecule has 3 rings (SSSR count). The molecule has 1 aliphatic heterocycles. The first-order chi connectivity index (χ1) is 12.1. The zero-order valence-corrected chi connectivity index (χ0v) is 14.7. The molecular formula is C19H23N5O. The minimum Gasteiger partial charge on any atom is -0.336 e. The van der Waals surface area contributed by atoms with E-state index in [1.54, 1.807) is 12.5 Å². The van der Waals surface area contributed by atoms with Gasteiger partial charge >= 0.3 is 0 Å². The summed E-state index contributed by atoms with van der Waals surface area (Å²) in [6, 6.07) is 9.89. The highest BCUT2D eigenvalue weighted by Gasteiger charge is 2.28. The van der Waals surface area contributed by atoms with E-state index >= 15 is 0 Å². The zero-order valence-electron chi connectivity index (χ0n) is 14.7. The van der Waals surface area contributed by atoms with Crippen LogP contribution in [0.3, 0.4) is 0 Å². The Morgan fingerprint density at radius 1 is 1.24 bits per heavy atom. The third kappa shape index (κ3) is 3.72. The molecule has 0 N–H and O–H groups in total. The molecule has 1 atom stereocenters. The number of nitriles is 1. The SMILES string of the molecule is CC(C)[C@H](C#N)N1CCN(C(=O)c2cccc(-n3ccnc3)c2)CC1. The summed E-state index contributed by atoms with van der Waals surface area (Å²) in [6.45, 7) is 6.91. The van der Waals surface area contributed by atoms with Crippen LogP contribution in [-0.2, 0) is 0 Å². The Morgan fingerprint density at radius 2 is 2.00 bits per heavy atom. The number of amides is 1. The van der Waals surface area contributed by atoms with Crippen LogP contribution in [-0.4, -0.2) is 57.5 Å². The second kappa shape index (κ2) is 7.49. The van der Waals surface area contributed by atoms with Crippen molar-refractivity contribution in [1.82, 2.24) is 19.4 Å². The molecule has 130 valence electrons. The number of benzene rings is 1. The largest absolute Gasteiger partial charge is 0.336 e. The van der Waals surface area contributed by atoms with Gasteiger partial charge in [-0.05, 0) is 24.1 Å². The van der Waals surface area contributed by atoms with Gasteiger partial charge in [-0.2, -0.15) is 5.26 Å². The van der Waals surface area contributed by atoms with Crippen molar-refractivity contribution >= 4 is 5.91 Å². The smallest absolute Gasteiger partial charge is 0.254 e. The number of nitrogens with zero attached hydrogens (tertiary/aromatic N) is 5. The first-order valence-corrected chi connectivity index (χ1v) is 8.61. The average molecular weight is 337 g/mol. The van der Waals surface area contributed by atoms with Crippen LogP contribution in [0.15, 0.2) is 43.0 Å². The molecule has 1 aliphatic rings. The fourth-order valence-corrected chi connectivity index (χ4v) is 3.25. The third-order valence-corrected chi connectivity index (χ3v) is 4.65. The zero-order chi connectivity index (χ0) is 17.8. The molecule has 2 aromatic rings. The Bertz CT molecular complexity index is 754. The molecule has 0 radical (unpaired) electrons. The lowest BCUT2D eigenvalue weighted by Gasteiger charge is -2.38. The van der Waals surface area contributed by atoms with Gasteiger partial charge in [-0.15, -0.1) is 0 Å². The van der Waals surface area contributed by atoms with Crippen molar-refractivity contribution in [3.05, 3.63) is 48.5 Å². The minimum absolute atomic E-state index is 0.0414. The van der Waals surface area contributed by atoms with E-state index in [1.165, 1.54) is 0 Å². The Kier molecular flexibility index (Phi) is 5.15. The van der Waals surface area contributed by atoms with Crippen molar-refractivity contribution in [2.45, 2.75) is 19.9 Å². The van der Waals surface area contributed by atoms with E-state index in [2.05, 4.69) is 29.8 Å². The molecule has 0 spiro atoms. The molecule has 1 aromatic carbocycles. The van der Waals surface area contributed by atoms with Gasteiger partial charge < -0.3 is 9.47 Å². The van der Waals surface area contributed by atoms with Crippen molar-refractivity contribution in [3.8, 4) is 11.8 Å². The summed E-state index contributed by atoms with van der Waals surface area (Å²) in [5.41, 5.74) is 1.60. The van der Waals surface area contributed by atoms with Crippen LogP contribution in [0.1, 0.15) is 24.2 Å². The molecule has 0 unspecified atom stereocenters. The second-order valence-electron chi connectivity index (χ2n) is 6.67. The molecule has 0 bridgehead atoms. The van der Waals surface area contributed by atoms with E-state index in [4.69, 9.17) is 0 Å². The molecule has 1 amide bonds. The highest BCUT2D eigenvalue weighted by Crippen LogP contribution is 2.16. The van der Waals surface area contributed by atoms with Crippen molar-refractivity contribution in [1.29, 1.82) is 5.26 Å². The second-order valence-corrected chi connectivity index (χ2v) is 6.67. The first-order valence-electron chi connectivity index (χ1n) is 8.61. The highest BCUT2D eigenvalue weighted by atomic mass is 16.2. The fourth-order valence-electron chi connectivity index (χ4n) is 3.25. The number of rotatable bonds is 4. The van der Waals surface area contributed by atoms with Gasteiger partial charge in [0.15, 0.2) is 0 Å². The topological polar surface area (TPSA) is 65.2 Å². The normalized spacial score (nSPS) is 16.6. The molecule has 6 nitrogen and oxygen atoms in total. The number of hydrogen-bond donors (Lipinski definition) is 0. The van der Waals surface area contributed by atoms with Crippen LogP contribution in [0.4, 0.5) is 0 Å². The molecule has 25 heavy (non-hydrogen) atoms. The van der Waals surface area contributed by atoms with Crippen LogP contribution in [0.25, 0.3) is 5.69 Å². The number of hydrogen-bond acceptors (Lipinski definition) is 4. The molecule has 0 aliphatic carbocycles. The minimum atomic E-state index is -0.0816. The van der Waals surface area contributed by atoms with Gasteiger partial charge in [0, 0.05) is 49.8 Å². The Balaban J connectivity index is 1.67. The van der Waals surface area contributed by atoms with Gasteiger partial charge in [-0.1, -0.05) is 19.9 Å². The summed E-state index contributed by atoms with van der Waals surface area (Å²) in [4.78, 5) is 20.9. The van der Waals surface area contributed by atoms with E-state index in [-0.39, 0.29) is 11.9 Å². The molecule has 2 heterocycles. The summed E-state index contributed by atoms with van der Waals surface area (Å²) in [5.74, 6) is 0.332. The Hall–Kier alpha value is -2.65. The number of aromatic nitrogens is 2. The van der Waals surface area contributed by atoms with Gasteiger partial charge in [0.05, 0.1) is 12.4 Å². The van der Waals surface area contributed by atoms with Crippen LogP contribution >= 0.6 is 0 Å². The van der Waals surface area contributed by atoms with E-state index in [9.17, 15) is 10.1 Å². The lowest BCUT2D eigenvalue weighted by atomic mass is 10.0. The summed E-state index contributed by atoms with van der Waals surface area (Å²) < 4.78 is 1.88. The van der Waals surface area contributed by atoms with Gasteiger partial charge in [0.2, 0.25) is 0 Å². The maximum atomic E-state index is 12.8. The summed E-state index contributed by atoms with van der Waals surface area (Å²) in [5, 5.41) is 9.34. The van der Waals surface area contributed by atoms with Crippen LogP contribution < -0.4 is 0 Å². The monoisotopic (exact) mass is 337 g/mol. The quantitative estimate of drug-likeness (QED) is 0.858. The van der Waals surface area contributed by atoms with Gasteiger partial charge in [0.1, 0.15) is 6.04 Å². The van der Waals surface area contributed by atoms with E-state index in [0.717, 1.165) is 18.8 Å². The van der Waals surface area contributed by atoms with Crippen molar-refractivity contribution < 1.29 is 4.79 Å². The summed E-state index contributed by atoms with van der Waals surface area (Å²) in [7, 11) is 0. The molecule has 0 saturated carbocycles. The molecule has 1 saturated heterocycles. The molecule has 6 heteroatoms. The number of carbonyl (C=O) groups is 1. The van der Waals surface area contributed by atoms with Crippen LogP contribution in [0, 0.1) is 17.2 Å². The third-order valence-electron chi connectivity index (χ3n) is 4.65. The number of piperazine rings is 1. The lowest BCUT2D eigenvalue weighted by Crippen LogP contribution is -2.52. The average Bonchev–Trinajstić information content (AvgIpc) is 3.17. The summed E-state index contributed by atoms with van der Waals surface area (Å²) in [6.07, 6.45) is 5.29. The molecule has 1 aromatic heterocycles. The van der Waals surface area contributed by atoms with Crippen molar-refractivity contribution in [2.24, 2.45) is 5.92 Å². The van der Waals surface area contributed by atoms with Crippen LogP contribution in [0.5, 0.6) is 0 Å². The van der Waals surface area contributed by atoms with Gasteiger partial charge in [0.25, 0.3) is 5.91 Å². The maximum Gasteiger partial charge on any atom is 0.254 e. The fraction of sp³-hybridized carbons (Fsp3) is 0.421. The van der Waals surface area contributed by atoms with Crippen molar-refractivity contribution in [3.63, 3.8) is 0 Å². The van der Waals surface area contributed by atoms with E-state index < -0.39 is 0 Å². The standard InChI is InChI=1S/C19H23N5O/c1-15(2)18(13-20)22-8-10-23(11-9-22)19(25)16-4-3-5-17(12-16)24-7-6-21-14-24/h3-7,12,14-15,18H,8-11H2,1-2H3/t18-/m0/s1. The highest BCUT2D eigenvalue weighted by molar-refractivity contribution is 5.94. The summed E-state index contributed by atoms with van der Waals surface area (Å²) >= 11 is 0. The Morgan fingerprint density at radius 3 is 2.60 bits per heavy atom. The maximum absolute atomic E-state index is 12.8. The number of carbonyl (C=O) groups excluding carboxylic acids is 1. The molecular weight excluding hydrogens is 314 g/mol. The van der Waals surface area contributed by atoms with E-state index in [0.29, 0.717) is 24.6 Å². The van der Waals surface area contributed by atoms with Crippen LogP contribution in [0.2, 0.25) is 0 Å². The number of imidazole rings is 1.